The van der Waals surface area contributed by atoms with Crippen molar-refractivity contribution in [2.75, 3.05) is 0 Å². The summed E-state index contributed by atoms with van der Waals surface area (Å²) in [6.45, 7) is 0. The third kappa shape index (κ3) is 3.21. The Hall–Kier alpha value is -1.53. The van der Waals surface area contributed by atoms with Gasteiger partial charge in [-0.15, -0.1) is 0 Å². The molecule has 0 saturated heterocycles. The van der Waals surface area contributed by atoms with Crippen LogP contribution in [-0.2, 0) is 19.5 Å². The van der Waals surface area contributed by atoms with Crippen LogP contribution >= 0.6 is 0 Å². The molecule has 1 heterocycles. The summed E-state index contributed by atoms with van der Waals surface area (Å²) in [4.78, 5) is 0. The van der Waals surface area contributed by atoms with E-state index in [1.807, 2.05) is 12.2 Å². The van der Waals surface area contributed by atoms with Crippen LogP contribution in [0.3, 0.4) is 0 Å². The molecule has 0 unspecified atom stereocenters. The topological polar surface area (TPSA) is 78.6 Å². The van der Waals surface area contributed by atoms with Gasteiger partial charge >= 0.3 is 0 Å². The smallest absolute Gasteiger partial charge is 0.274 e. The minimum absolute atomic E-state index is 0.359. The molecule has 0 spiro atoms. The van der Waals surface area contributed by atoms with Gasteiger partial charge in [0.1, 0.15) is 18.3 Å². The van der Waals surface area contributed by atoms with E-state index in [4.69, 9.17) is 14.6 Å². The van der Waals surface area contributed by atoms with Crippen molar-refractivity contribution in [3.8, 4) is 0 Å². The van der Waals surface area contributed by atoms with E-state index in [2.05, 4.69) is 6.08 Å². The van der Waals surface area contributed by atoms with Gasteiger partial charge in [0, 0.05) is 6.42 Å². The number of hydrogen-bond donors (Lipinski definition) is 1. The van der Waals surface area contributed by atoms with E-state index in [0.29, 0.717) is 12.2 Å². The first-order chi connectivity index (χ1) is 8.05. The van der Waals surface area contributed by atoms with E-state index in [9.17, 15) is 8.42 Å². The molecule has 0 radical (unpaired) electrons. The van der Waals surface area contributed by atoms with Gasteiger partial charge in [-0.1, -0.05) is 23.8 Å². The van der Waals surface area contributed by atoms with Crippen molar-refractivity contribution < 1.29 is 17.9 Å². The van der Waals surface area contributed by atoms with Gasteiger partial charge < -0.3 is 9.47 Å². The van der Waals surface area contributed by atoms with Gasteiger partial charge in [0.05, 0.1) is 0 Å². The first-order valence-corrected chi connectivity index (χ1v) is 6.70. The molecule has 2 rings (SSSR count). The predicted octanol–water partition coefficient (Wildman–Crippen LogP) is 1.63. The van der Waals surface area contributed by atoms with Crippen LogP contribution in [0.15, 0.2) is 47.2 Å². The highest BCUT2D eigenvalue weighted by Crippen LogP contribution is 2.25. The summed E-state index contributed by atoms with van der Waals surface area (Å²) in [5, 5.41) is 4.59. The summed E-state index contributed by atoms with van der Waals surface area (Å²) >= 11 is 0. The number of rotatable bonds is 3. The third-order valence-corrected chi connectivity index (χ3v) is 3.12. The lowest BCUT2D eigenvalue weighted by atomic mass is 10.0. The van der Waals surface area contributed by atoms with E-state index < -0.39 is 10.0 Å². The first-order valence-electron chi connectivity index (χ1n) is 5.15. The van der Waals surface area contributed by atoms with E-state index in [1.54, 1.807) is 0 Å². The summed E-state index contributed by atoms with van der Waals surface area (Å²) < 4.78 is 32.2. The molecule has 0 saturated carbocycles. The van der Waals surface area contributed by atoms with Crippen LogP contribution in [-0.4, -0.2) is 8.42 Å². The van der Waals surface area contributed by atoms with Gasteiger partial charge in [-0.2, -0.15) is 0 Å². The van der Waals surface area contributed by atoms with Gasteiger partial charge in [0.25, 0.3) is 15.1 Å². The molecular formula is C11H13NO4S. The van der Waals surface area contributed by atoms with Crippen molar-refractivity contribution in [1.29, 1.82) is 0 Å². The molecule has 0 atom stereocenters. The molecule has 0 aromatic rings. The zero-order chi connectivity index (χ0) is 12.3. The van der Waals surface area contributed by atoms with Crippen molar-refractivity contribution in [2.24, 2.45) is 5.14 Å². The lowest BCUT2D eigenvalue weighted by molar-refractivity contribution is 0.236. The standard InChI is InChI=1S/C11H13NO4S/c12-17(13,14)11-8-15-7-10(16-11)6-9-4-2-1-3-5-9/h1-2,4,7-8H,3,5-6H2,(H2,12,13,14). The molecule has 0 bridgehead atoms. The van der Waals surface area contributed by atoms with Crippen molar-refractivity contribution in [1.82, 2.24) is 0 Å². The fourth-order valence-electron chi connectivity index (χ4n) is 1.57. The van der Waals surface area contributed by atoms with Crippen LogP contribution in [0.5, 0.6) is 0 Å². The van der Waals surface area contributed by atoms with Crippen LogP contribution in [0.1, 0.15) is 19.3 Å². The highest BCUT2D eigenvalue weighted by molar-refractivity contribution is 7.92. The van der Waals surface area contributed by atoms with E-state index >= 15 is 0 Å². The predicted molar refractivity (Wildman–Crippen MR) is 62.5 cm³/mol. The molecule has 92 valence electrons. The quantitative estimate of drug-likeness (QED) is 0.831. The molecule has 0 amide bonds. The van der Waals surface area contributed by atoms with Crippen LogP contribution in [0.25, 0.3) is 0 Å². The summed E-state index contributed by atoms with van der Waals surface area (Å²) in [6, 6.07) is 0. The Labute approximate surface area is 99.9 Å². The highest BCUT2D eigenvalue weighted by atomic mass is 32.2. The van der Waals surface area contributed by atoms with Crippen LogP contribution in [0, 0.1) is 0 Å². The van der Waals surface area contributed by atoms with Gasteiger partial charge in [0.15, 0.2) is 0 Å². The van der Waals surface area contributed by atoms with Gasteiger partial charge in [-0.05, 0) is 12.8 Å². The van der Waals surface area contributed by atoms with E-state index in [0.717, 1.165) is 24.7 Å². The zero-order valence-corrected chi connectivity index (χ0v) is 9.94. The molecule has 0 fully saturated rings. The minimum atomic E-state index is -3.86. The fraction of sp³-hybridized carbons (Fsp3) is 0.273. The second kappa shape index (κ2) is 4.77. The number of primary sulfonamides is 1. The Morgan fingerprint density at radius 2 is 2.18 bits per heavy atom. The molecule has 0 aromatic carbocycles. The molecular weight excluding hydrogens is 242 g/mol. The Bertz CT molecular complexity index is 526. The maximum Gasteiger partial charge on any atom is 0.274 e. The number of ether oxygens (including phenoxy) is 2. The second-order valence-electron chi connectivity index (χ2n) is 3.77. The zero-order valence-electron chi connectivity index (χ0n) is 9.13. The third-order valence-electron chi connectivity index (χ3n) is 2.38. The normalized spacial score (nSPS) is 19.7. The summed E-state index contributed by atoms with van der Waals surface area (Å²) in [6.07, 6.45) is 10.8. The monoisotopic (exact) mass is 255 g/mol. The average Bonchev–Trinajstić information content (AvgIpc) is 2.29. The molecule has 1 aliphatic heterocycles. The second-order valence-corrected chi connectivity index (χ2v) is 5.27. The molecule has 6 heteroatoms. The number of hydrogen-bond acceptors (Lipinski definition) is 4. The lowest BCUT2D eigenvalue weighted by Crippen LogP contribution is -2.18. The van der Waals surface area contributed by atoms with Crippen molar-refractivity contribution in [3.63, 3.8) is 0 Å². The average molecular weight is 255 g/mol. The highest BCUT2D eigenvalue weighted by Gasteiger charge is 2.20. The number of nitrogens with two attached hydrogens (primary N) is 1. The first kappa shape index (κ1) is 11.9. The van der Waals surface area contributed by atoms with E-state index in [1.165, 1.54) is 6.26 Å². The van der Waals surface area contributed by atoms with Crippen molar-refractivity contribution in [3.05, 3.63) is 47.2 Å². The summed E-state index contributed by atoms with van der Waals surface area (Å²) in [5.41, 5.74) is 1.16. The Morgan fingerprint density at radius 3 is 2.82 bits per heavy atom. The van der Waals surface area contributed by atoms with Crippen LogP contribution in [0.2, 0.25) is 0 Å². The van der Waals surface area contributed by atoms with Crippen molar-refractivity contribution >= 4 is 10.0 Å². The minimum Gasteiger partial charge on any atom is -0.464 e. The van der Waals surface area contributed by atoms with Crippen LogP contribution in [0.4, 0.5) is 0 Å². The molecule has 2 aliphatic rings. The van der Waals surface area contributed by atoms with E-state index in [-0.39, 0.29) is 5.09 Å². The maximum atomic E-state index is 11.1. The molecule has 17 heavy (non-hydrogen) atoms. The maximum absolute atomic E-state index is 11.1. The lowest BCUT2D eigenvalue weighted by Gasteiger charge is -2.16. The Morgan fingerprint density at radius 1 is 1.35 bits per heavy atom. The summed E-state index contributed by atoms with van der Waals surface area (Å²) in [5.74, 6) is 0.443. The number of sulfonamides is 1. The number of allylic oxidation sites excluding steroid dienone is 4. The fourth-order valence-corrected chi connectivity index (χ4v) is 1.98. The van der Waals surface area contributed by atoms with Crippen LogP contribution < -0.4 is 5.14 Å². The molecule has 0 aromatic heterocycles. The molecule has 2 N–H and O–H groups in total. The van der Waals surface area contributed by atoms with Gasteiger partial charge in [-0.25, -0.2) is 13.6 Å². The Kier molecular flexibility index (Phi) is 3.35. The Balaban J connectivity index is 2.03. The molecule has 1 aliphatic carbocycles. The SMILES string of the molecule is NS(=O)(=O)C1=COC=C(CC2=CC=CCC2)O1. The van der Waals surface area contributed by atoms with Gasteiger partial charge in [0.2, 0.25) is 0 Å². The van der Waals surface area contributed by atoms with Gasteiger partial charge in [-0.3, -0.25) is 0 Å². The summed E-state index contributed by atoms with van der Waals surface area (Å²) in [7, 11) is -3.86. The molecule has 5 nitrogen and oxygen atoms in total. The van der Waals surface area contributed by atoms with Crippen molar-refractivity contribution in [2.45, 2.75) is 19.3 Å². The largest absolute Gasteiger partial charge is 0.464 e.